The maximum atomic E-state index is 11.5. The molecule has 0 bridgehead atoms. The summed E-state index contributed by atoms with van der Waals surface area (Å²) in [7, 11) is 0. The summed E-state index contributed by atoms with van der Waals surface area (Å²) in [6, 6.07) is 8.60. The lowest BCUT2D eigenvalue weighted by Gasteiger charge is -1.94. The van der Waals surface area contributed by atoms with E-state index in [0.717, 1.165) is 0 Å². The van der Waals surface area contributed by atoms with Crippen LogP contribution in [0.4, 0.5) is 0 Å². The number of carbonyl (C=O) groups excluding carboxylic acids is 1. The van der Waals surface area contributed by atoms with Crippen molar-refractivity contribution in [1.29, 1.82) is 0 Å². The second-order valence-corrected chi connectivity index (χ2v) is 3.84. The summed E-state index contributed by atoms with van der Waals surface area (Å²) in [6.07, 6.45) is 3.10. The molecule has 2 rings (SSSR count). The van der Waals surface area contributed by atoms with Gasteiger partial charge in [0.15, 0.2) is 10.4 Å². The molecular formula is C11H8BrN3O2. The smallest absolute Gasteiger partial charge is 0.307 e. The molecule has 6 heteroatoms. The van der Waals surface area contributed by atoms with Crippen LogP contribution in [-0.4, -0.2) is 17.1 Å². The van der Waals surface area contributed by atoms with Crippen LogP contribution in [-0.2, 0) is 0 Å². The molecule has 0 aromatic carbocycles. The number of aromatic nitrogens is 1. The van der Waals surface area contributed by atoms with Crippen molar-refractivity contribution in [2.75, 3.05) is 0 Å². The first kappa shape index (κ1) is 11.5. The second kappa shape index (κ2) is 5.40. The third kappa shape index (κ3) is 3.25. The van der Waals surface area contributed by atoms with E-state index in [1.165, 1.54) is 6.21 Å². The molecule has 2 aromatic heterocycles. The molecule has 1 N–H and O–H groups in total. The van der Waals surface area contributed by atoms with Crippen LogP contribution in [0.3, 0.4) is 0 Å². The van der Waals surface area contributed by atoms with Gasteiger partial charge in [-0.3, -0.25) is 9.78 Å². The summed E-state index contributed by atoms with van der Waals surface area (Å²) in [5.74, 6) is -0.224. The molecule has 0 aliphatic rings. The van der Waals surface area contributed by atoms with E-state index in [4.69, 9.17) is 4.42 Å². The minimum absolute atomic E-state index is 0.190. The molecule has 0 aliphatic carbocycles. The van der Waals surface area contributed by atoms with Gasteiger partial charge in [-0.1, -0.05) is 6.07 Å². The Labute approximate surface area is 106 Å². The van der Waals surface area contributed by atoms with Crippen molar-refractivity contribution in [3.05, 3.63) is 52.7 Å². The summed E-state index contributed by atoms with van der Waals surface area (Å²) in [5.41, 5.74) is 3.00. The lowest BCUT2D eigenvalue weighted by atomic mass is 10.4. The molecule has 0 saturated carbocycles. The van der Waals surface area contributed by atoms with Crippen LogP contribution in [0.2, 0.25) is 0 Å². The number of pyridine rings is 1. The lowest BCUT2D eigenvalue weighted by Crippen LogP contribution is -2.16. The van der Waals surface area contributed by atoms with E-state index in [2.05, 4.69) is 31.4 Å². The summed E-state index contributed by atoms with van der Waals surface area (Å²) >= 11 is 3.11. The Morgan fingerprint density at radius 1 is 1.41 bits per heavy atom. The molecule has 17 heavy (non-hydrogen) atoms. The minimum Gasteiger partial charge on any atom is -0.444 e. The number of carbonyl (C=O) groups is 1. The number of amides is 1. The normalized spacial score (nSPS) is 10.6. The van der Waals surface area contributed by atoms with Crippen LogP contribution in [0, 0.1) is 0 Å². The molecule has 1 amide bonds. The highest BCUT2D eigenvalue weighted by Crippen LogP contribution is 2.13. The van der Waals surface area contributed by atoms with E-state index in [-0.39, 0.29) is 5.76 Å². The highest BCUT2D eigenvalue weighted by Gasteiger charge is 2.08. The first-order chi connectivity index (χ1) is 8.25. The number of nitrogens with one attached hydrogen (secondary N) is 1. The first-order valence-corrected chi connectivity index (χ1v) is 5.55. The minimum atomic E-state index is -0.414. The highest BCUT2D eigenvalue weighted by molar-refractivity contribution is 9.10. The van der Waals surface area contributed by atoms with Gasteiger partial charge in [-0.15, -0.1) is 0 Å². The zero-order chi connectivity index (χ0) is 12.1. The highest BCUT2D eigenvalue weighted by atomic mass is 79.9. The zero-order valence-electron chi connectivity index (χ0n) is 8.63. The molecule has 0 fully saturated rings. The van der Waals surface area contributed by atoms with Crippen molar-refractivity contribution >= 4 is 28.1 Å². The number of hydrazone groups is 1. The fraction of sp³-hybridized carbons (Fsp3) is 0. The van der Waals surface area contributed by atoms with Gasteiger partial charge in [0.2, 0.25) is 0 Å². The standard InChI is InChI=1S/C11H8BrN3O2/c12-10-5-4-9(17-10)11(16)15-14-7-8-3-1-2-6-13-8/h1-7H,(H,15,16)/b14-7-. The Kier molecular flexibility index (Phi) is 3.66. The van der Waals surface area contributed by atoms with Gasteiger partial charge in [0, 0.05) is 6.20 Å². The van der Waals surface area contributed by atoms with Gasteiger partial charge in [0.1, 0.15) is 0 Å². The maximum absolute atomic E-state index is 11.5. The number of furan rings is 1. The number of hydrogen-bond acceptors (Lipinski definition) is 4. The van der Waals surface area contributed by atoms with Crippen molar-refractivity contribution in [3.8, 4) is 0 Å². The van der Waals surface area contributed by atoms with Crippen molar-refractivity contribution < 1.29 is 9.21 Å². The van der Waals surface area contributed by atoms with Crippen LogP contribution in [0.25, 0.3) is 0 Å². The summed E-state index contributed by atoms with van der Waals surface area (Å²) < 4.78 is 5.56. The Balaban J connectivity index is 1.95. The average molecular weight is 294 g/mol. The van der Waals surface area contributed by atoms with Gasteiger partial charge in [0.25, 0.3) is 0 Å². The number of hydrogen-bond donors (Lipinski definition) is 1. The largest absolute Gasteiger partial charge is 0.444 e. The topological polar surface area (TPSA) is 67.5 Å². The third-order valence-corrected chi connectivity index (χ3v) is 2.27. The fourth-order valence-corrected chi connectivity index (χ4v) is 1.41. The number of nitrogens with zero attached hydrogens (tertiary/aromatic N) is 2. The van der Waals surface area contributed by atoms with Crippen LogP contribution in [0.15, 0.2) is 50.7 Å². The van der Waals surface area contributed by atoms with Crippen molar-refractivity contribution in [2.24, 2.45) is 5.10 Å². The van der Waals surface area contributed by atoms with Gasteiger partial charge in [0.05, 0.1) is 11.9 Å². The number of rotatable bonds is 3. The average Bonchev–Trinajstić information content (AvgIpc) is 2.77. The van der Waals surface area contributed by atoms with Crippen LogP contribution < -0.4 is 5.43 Å². The third-order valence-electron chi connectivity index (χ3n) is 1.85. The van der Waals surface area contributed by atoms with Crippen LogP contribution >= 0.6 is 15.9 Å². The molecular weight excluding hydrogens is 286 g/mol. The molecule has 0 radical (unpaired) electrons. The predicted molar refractivity (Wildman–Crippen MR) is 65.7 cm³/mol. The van der Waals surface area contributed by atoms with Crippen LogP contribution in [0.5, 0.6) is 0 Å². The quantitative estimate of drug-likeness (QED) is 0.697. The first-order valence-electron chi connectivity index (χ1n) is 4.75. The molecule has 2 aromatic rings. The molecule has 86 valence electrons. The van der Waals surface area contributed by atoms with Gasteiger partial charge >= 0.3 is 5.91 Å². The SMILES string of the molecule is O=C(N/N=C\c1ccccn1)c1ccc(Br)o1. The van der Waals surface area contributed by atoms with E-state index in [1.54, 1.807) is 30.5 Å². The van der Waals surface area contributed by atoms with Gasteiger partial charge in [-0.25, -0.2) is 5.43 Å². The van der Waals surface area contributed by atoms with E-state index < -0.39 is 5.91 Å². The summed E-state index contributed by atoms with van der Waals surface area (Å²) in [6.45, 7) is 0. The Bertz CT molecular complexity index is 537. The van der Waals surface area contributed by atoms with E-state index >= 15 is 0 Å². The van der Waals surface area contributed by atoms with Crippen LogP contribution in [0.1, 0.15) is 16.2 Å². The van der Waals surface area contributed by atoms with Gasteiger partial charge in [-0.05, 0) is 40.2 Å². The molecule has 0 atom stereocenters. The molecule has 2 heterocycles. The maximum Gasteiger partial charge on any atom is 0.307 e. The van der Waals surface area contributed by atoms with Crippen molar-refractivity contribution in [3.63, 3.8) is 0 Å². The van der Waals surface area contributed by atoms with Crippen molar-refractivity contribution in [2.45, 2.75) is 0 Å². The Morgan fingerprint density at radius 3 is 2.94 bits per heavy atom. The van der Waals surface area contributed by atoms with E-state index in [9.17, 15) is 4.79 Å². The van der Waals surface area contributed by atoms with E-state index in [0.29, 0.717) is 10.4 Å². The van der Waals surface area contributed by atoms with Gasteiger partial charge in [-0.2, -0.15) is 5.10 Å². The second-order valence-electron chi connectivity index (χ2n) is 3.06. The summed E-state index contributed by atoms with van der Waals surface area (Å²) in [4.78, 5) is 15.5. The molecule has 0 saturated heterocycles. The fourth-order valence-electron chi connectivity index (χ4n) is 1.10. The molecule has 0 aliphatic heterocycles. The summed E-state index contributed by atoms with van der Waals surface area (Å²) in [5, 5.41) is 3.76. The lowest BCUT2D eigenvalue weighted by molar-refractivity contribution is 0.0926. The van der Waals surface area contributed by atoms with E-state index in [1.807, 2.05) is 6.07 Å². The van der Waals surface area contributed by atoms with Crippen molar-refractivity contribution in [1.82, 2.24) is 10.4 Å². The predicted octanol–water partition coefficient (Wildman–Crippen LogP) is 2.20. The Morgan fingerprint density at radius 2 is 2.29 bits per heavy atom. The molecule has 5 nitrogen and oxygen atoms in total. The number of halogens is 1. The molecule has 0 unspecified atom stereocenters. The van der Waals surface area contributed by atoms with Gasteiger partial charge < -0.3 is 4.42 Å². The monoisotopic (exact) mass is 293 g/mol. The molecule has 0 spiro atoms. The zero-order valence-corrected chi connectivity index (χ0v) is 10.2. The Hall–Kier alpha value is -1.95.